The number of anilines is 1. The number of benzene rings is 1. The lowest BCUT2D eigenvalue weighted by molar-refractivity contribution is -0.120. The van der Waals surface area contributed by atoms with Crippen molar-refractivity contribution in [1.82, 2.24) is 0 Å². The molecule has 0 aromatic heterocycles. The van der Waals surface area contributed by atoms with Crippen LogP contribution in [0.3, 0.4) is 0 Å². The van der Waals surface area contributed by atoms with Gasteiger partial charge in [-0.05, 0) is 48.6 Å². The molecule has 2 fully saturated rings. The maximum atomic E-state index is 12.5. The van der Waals surface area contributed by atoms with Gasteiger partial charge in [0.25, 0.3) is 0 Å². The zero-order valence-corrected chi connectivity index (χ0v) is 11.3. The molecule has 1 aromatic carbocycles. The first-order valence-corrected chi connectivity index (χ1v) is 7.67. The number of carbonyl (C=O) groups is 1. The van der Waals surface area contributed by atoms with Gasteiger partial charge in [0.05, 0.1) is 6.04 Å². The van der Waals surface area contributed by atoms with Crippen molar-refractivity contribution in [3.05, 3.63) is 29.8 Å². The molecule has 0 saturated heterocycles. The topological polar surface area (TPSA) is 29.1 Å². The molecule has 100 valence electrons. The fourth-order valence-corrected chi connectivity index (χ4v) is 4.52. The number of hydrogen-bond acceptors (Lipinski definition) is 2. The lowest BCUT2D eigenvalue weighted by Crippen LogP contribution is -2.29. The summed E-state index contributed by atoms with van der Waals surface area (Å²) in [5, 5.41) is 3.40. The number of para-hydroxylation sites is 1. The Labute approximate surface area is 114 Å². The van der Waals surface area contributed by atoms with E-state index < -0.39 is 0 Å². The summed E-state index contributed by atoms with van der Waals surface area (Å²) in [4.78, 5) is 12.5. The lowest BCUT2D eigenvalue weighted by atomic mass is 9.84. The molecule has 2 heteroatoms. The van der Waals surface area contributed by atoms with Gasteiger partial charge in [0, 0.05) is 18.5 Å². The van der Waals surface area contributed by atoms with E-state index in [0.29, 0.717) is 11.7 Å². The Bertz CT molecular complexity index is 485. The molecule has 0 radical (unpaired) electrons. The van der Waals surface area contributed by atoms with E-state index in [1.165, 1.54) is 31.2 Å². The van der Waals surface area contributed by atoms with Crippen LogP contribution in [-0.4, -0.2) is 11.8 Å². The minimum absolute atomic E-state index is 0.0385. The Morgan fingerprint density at radius 2 is 2.11 bits per heavy atom. The summed E-state index contributed by atoms with van der Waals surface area (Å²) < 4.78 is 0. The van der Waals surface area contributed by atoms with Crippen LogP contribution in [0.1, 0.15) is 37.7 Å². The standard InChI is InChI=1S/C17H21NO/c19-17(10-14-8-11-5-6-12(14)7-11)16-9-13-3-1-2-4-15(13)18-16/h1-4,11-12,14,16,18H,5-10H2. The monoisotopic (exact) mass is 255 g/mol. The van der Waals surface area contributed by atoms with Gasteiger partial charge in [0.15, 0.2) is 5.78 Å². The van der Waals surface area contributed by atoms with Crippen LogP contribution in [0.15, 0.2) is 24.3 Å². The van der Waals surface area contributed by atoms with Crippen LogP contribution in [0.4, 0.5) is 5.69 Å². The van der Waals surface area contributed by atoms with E-state index in [1.54, 1.807) is 0 Å². The number of carbonyl (C=O) groups excluding carboxylic acids is 1. The molecule has 0 spiro atoms. The predicted octanol–water partition coefficient (Wildman–Crippen LogP) is 3.42. The molecule has 1 heterocycles. The second-order valence-electron chi connectivity index (χ2n) is 6.66. The maximum Gasteiger partial charge on any atom is 0.155 e. The van der Waals surface area contributed by atoms with E-state index in [-0.39, 0.29) is 6.04 Å². The van der Waals surface area contributed by atoms with Crippen molar-refractivity contribution in [1.29, 1.82) is 0 Å². The van der Waals surface area contributed by atoms with Gasteiger partial charge in [-0.25, -0.2) is 0 Å². The van der Waals surface area contributed by atoms with Gasteiger partial charge in [-0.2, -0.15) is 0 Å². The molecule has 3 aliphatic rings. The van der Waals surface area contributed by atoms with Gasteiger partial charge in [-0.15, -0.1) is 0 Å². The Morgan fingerprint density at radius 3 is 2.84 bits per heavy atom. The smallest absolute Gasteiger partial charge is 0.155 e. The molecule has 4 atom stereocenters. The molecule has 2 saturated carbocycles. The van der Waals surface area contributed by atoms with Gasteiger partial charge in [-0.1, -0.05) is 24.6 Å². The lowest BCUT2D eigenvalue weighted by Gasteiger charge is -2.22. The second kappa shape index (κ2) is 4.36. The van der Waals surface area contributed by atoms with Gasteiger partial charge < -0.3 is 5.32 Å². The van der Waals surface area contributed by atoms with Gasteiger partial charge in [0.2, 0.25) is 0 Å². The molecule has 1 N–H and O–H groups in total. The normalized spacial score (nSPS) is 35.2. The quantitative estimate of drug-likeness (QED) is 0.896. The molecule has 19 heavy (non-hydrogen) atoms. The van der Waals surface area contributed by atoms with Crippen molar-refractivity contribution in [3.63, 3.8) is 0 Å². The summed E-state index contributed by atoms with van der Waals surface area (Å²) in [6.07, 6.45) is 7.21. The molecular formula is C17H21NO. The van der Waals surface area contributed by atoms with E-state index in [2.05, 4.69) is 23.5 Å². The van der Waals surface area contributed by atoms with Gasteiger partial charge in [0.1, 0.15) is 0 Å². The van der Waals surface area contributed by atoms with Crippen LogP contribution in [-0.2, 0) is 11.2 Å². The minimum atomic E-state index is 0.0385. The van der Waals surface area contributed by atoms with Crippen molar-refractivity contribution in [2.24, 2.45) is 17.8 Å². The van der Waals surface area contributed by atoms with Crippen molar-refractivity contribution in [3.8, 4) is 0 Å². The zero-order valence-electron chi connectivity index (χ0n) is 11.3. The SMILES string of the molecule is O=C(CC1CC2CCC1C2)C1Cc2ccccc2N1. The Kier molecular flexibility index (Phi) is 2.64. The molecule has 4 rings (SSSR count). The Hall–Kier alpha value is -1.31. The van der Waals surface area contributed by atoms with Crippen molar-refractivity contribution in [2.75, 3.05) is 5.32 Å². The van der Waals surface area contributed by atoms with E-state index >= 15 is 0 Å². The number of nitrogens with one attached hydrogen (secondary N) is 1. The highest BCUT2D eigenvalue weighted by Gasteiger charge is 2.41. The van der Waals surface area contributed by atoms with E-state index in [1.807, 2.05) is 6.07 Å². The largest absolute Gasteiger partial charge is 0.375 e. The molecule has 2 aliphatic carbocycles. The van der Waals surface area contributed by atoms with Gasteiger partial charge >= 0.3 is 0 Å². The number of ketones is 1. The first-order valence-electron chi connectivity index (χ1n) is 7.67. The highest BCUT2D eigenvalue weighted by Crippen LogP contribution is 2.49. The minimum Gasteiger partial charge on any atom is -0.375 e. The fourth-order valence-electron chi connectivity index (χ4n) is 4.52. The summed E-state index contributed by atoms with van der Waals surface area (Å²) >= 11 is 0. The van der Waals surface area contributed by atoms with Gasteiger partial charge in [-0.3, -0.25) is 4.79 Å². The van der Waals surface area contributed by atoms with Crippen LogP contribution < -0.4 is 5.32 Å². The fraction of sp³-hybridized carbons (Fsp3) is 0.588. The highest BCUT2D eigenvalue weighted by atomic mass is 16.1. The third-order valence-corrected chi connectivity index (χ3v) is 5.51. The summed E-state index contributed by atoms with van der Waals surface area (Å²) in [5.74, 6) is 2.93. The number of rotatable bonds is 3. The number of Topliss-reactive ketones (excluding diaryl/α,β-unsaturated/α-hetero) is 1. The molecule has 1 aliphatic heterocycles. The van der Waals surface area contributed by atoms with Crippen LogP contribution in [0, 0.1) is 17.8 Å². The first-order chi connectivity index (χ1) is 9.29. The first kappa shape index (κ1) is 11.5. The zero-order chi connectivity index (χ0) is 12.8. The molecule has 2 nitrogen and oxygen atoms in total. The van der Waals surface area contributed by atoms with Crippen LogP contribution in [0.5, 0.6) is 0 Å². The summed E-state index contributed by atoms with van der Waals surface area (Å²) in [6, 6.07) is 8.35. The average Bonchev–Trinajstić information content (AvgIpc) is 3.12. The van der Waals surface area contributed by atoms with Crippen molar-refractivity contribution >= 4 is 11.5 Å². The van der Waals surface area contributed by atoms with E-state index in [9.17, 15) is 4.79 Å². The van der Waals surface area contributed by atoms with E-state index in [4.69, 9.17) is 0 Å². The Balaban J connectivity index is 1.40. The van der Waals surface area contributed by atoms with E-state index in [0.717, 1.165) is 30.4 Å². The van der Waals surface area contributed by atoms with Crippen molar-refractivity contribution < 1.29 is 4.79 Å². The second-order valence-corrected chi connectivity index (χ2v) is 6.66. The molecule has 4 unspecified atom stereocenters. The summed E-state index contributed by atoms with van der Waals surface area (Å²) in [6.45, 7) is 0. The third kappa shape index (κ3) is 1.98. The number of hydrogen-bond donors (Lipinski definition) is 1. The average molecular weight is 255 g/mol. The molecule has 0 amide bonds. The molecule has 2 bridgehead atoms. The summed E-state index contributed by atoms with van der Waals surface area (Å²) in [7, 11) is 0. The molecular weight excluding hydrogens is 234 g/mol. The third-order valence-electron chi connectivity index (χ3n) is 5.51. The van der Waals surface area contributed by atoms with Crippen LogP contribution in [0.2, 0.25) is 0 Å². The van der Waals surface area contributed by atoms with Crippen LogP contribution >= 0.6 is 0 Å². The summed E-state index contributed by atoms with van der Waals surface area (Å²) in [5.41, 5.74) is 2.46. The number of fused-ring (bicyclic) bond motifs is 3. The Morgan fingerprint density at radius 1 is 1.21 bits per heavy atom. The maximum absolute atomic E-state index is 12.5. The van der Waals surface area contributed by atoms with Crippen LogP contribution in [0.25, 0.3) is 0 Å². The van der Waals surface area contributed by atoms with Crippen molar-refractivity contribution in [2.45, 2.75) is 44.6 Å². The highest BCUT2D eigenvalue weighted by molar-refractivity contribution is 5.89. The molecule has 1 aromatic rings. The predicted molar refractivity (Wildman–Crippen MR) is 76.1 cm³/mol.